The van der Waals surface area contributed by atoms with Crippen LogP contribution in [0.2, 0.25) is 0 Å². The van der Waals surface area contributed by atoms with Crippen molar-refractivity contribution < 1.29 is 4.79 Å². The molecule has 1 N–H and O–H groups in total. The highest BCUT2D eigenvalue weighted by Crippen LogP contribution is 2.35. The fraction of sp³-hybridized carbons (Fsp3) is 0.500. The summed E-state index contributed by atoms with van der Waals surface area (Å²) in [5.74, 6) is 0.860. The molecule has 0 bridgehead atoms. The maximum absolute atomic E-state index is 12.3. The number of carbonyl (C=O) groups excluding carboxylic acids is 1. The second-order valence-electron chi connectivity index (χ2n) is 4.87. The van der Waals surface area contributed by atoms with E-state index in [1.165, 1.54) is 25.7 Å². The van der Waals surface area contributed by atoms with Gasteiger partial charge in [0, 0.05) is 17.2 Å². The van der Waals surface area contributed by atoms with Crippen LogP contribution in [0.5, 0.6) is 0 Å². The Morgan fingerprint density at radius 2 is 2.25 bits per heavy atom. The number of thioether (sulfide) groups is 2. The van der Waals surface area contributed by atoms with Gasteiger partial charge in [-0.1, -0.05) is 24.6 Å². The largest absolute Gasteiger partial charge is 0.301 e. The number of amides is 1. The third-order valence-corrected chi connectivity index (χ3v) is 5.65. The Morgan fingerprint density at radius 3 is 3.00 bits per heavy atom. The van der Waals surface area contributed by atoms with E-state index >= 15 is 0 Å². The third-order valence-electron chi connectivity index (χ3n) is 3.40. The standard InChI is InChI=1S/C14H17N3OS2/c18-12(17-14-16-8-9-19-14)11-6-3-7-15-13(11)20-10-4-1-2-5-10/h3,6-7,10H,1-2,4-5,8-9H2,(H,16,17,18). The Morgan fingerprint density at radius 1 is 1.40 bits per heavy atom. The molecular formula is C14H17N3OS2. The van der Waals surface area contributed by atoms with Crippen LogP contribution in [0.4, 0.5) is 0 Å². The number of carbonyl (C=O) groups is 1. The second kappa shape index (κ2) is 6.63. The second-order valence-corrected chi connectivity index (χ2v) is 7.24. The molecule has 1 aliphatic carbocycles. The van der Waals surface area contributed by atoms with Crippen molar-refractivity contribution in [3.05, 3.63) is 23.9 Å². The normalized spacial score (nSPS) is 19.1. The molecule has 3 rings (SSSR count). The molecule has 1 aromatic heterocycles. The molecule has 1 aromatic rings. The van der Waals surface area contributed by atoms with E-state index in [0.29, 0.717) is 10.8 Å². The summed E-state index contributed by atoms with van der Waals surface area (Å²) in [4.78, 5) is 21.0. The predicted octanol–water partition coefficient (Wildman–Crippen LogP) is 2.95. The number of hydrogen-bond donors (Lipinski definition) is 1. The molecule has 1 amide bonds. The fourth-order valence-electron chi connectivity index (χ4n) is 2.40. The van der Waals surface area contributed by atoms with E-state index in [1.54, 1.807) is 29.7 Å². The summed E-state index contributed by atoms with van der Waals surface area (Å²) in [6.45, 7) is 0.789. The van der Waals surface area contributed by atoms with Gasteiger partial charge in [0.2, 0.25) is 0 Å². The van der Waals surface area contributed by atoms with Crippen LogP contribution in [0.3, 0.4) is 0 Å². The van der Waals surface area contributed by atoms with E-state index in [4.69, 9.17) is 0 Å². The first-order valence-corrected chi connectivity index (χ1v) is 8.80. The minimum Gasteiger partial charge on any atom is -0.301 e. The molecule has 1 saturated carbocycles. The van der Waals surface area contributed by atoms with Crippen LogP contribution in [0, 0.1) is 0 Å². The smallest absolute Gasteiger partial charge is 0.259 e. The predicted molar refractivity (Wildman–Crippen MR) is 84.6 cm³/mol. The van der Waals surface area contributed by atoms with Gasteiger partial charge in [0.1, 0.15) is 5.03 Å². The number of nitrogens with zero attached hydrogens (tertiary/aromatic N) is 2. The van der Waals surface area contributed by atoms with Crippen LogP contribution in [-0.4, -0.2) is 33.6 Å². The highest BCUT2D eigenvalue weighted by Gasteiger charge is 2.21. The number of pyridine rings is 1. The van der Waals surface area contributed by atoms with Gasteiger partial charge in [0.05, 0.1) is 12.1 Å². The van der Waals surface area contributed by atoms with Gasteiger partial charge in [-0.15, -0.1) is 11.8 Å². The molecule has 2 heterocycles. The van der Waals surface area contributed by atoms with Crippen LogP contribution in [0.1, 0.15) is 36.0 Å². The molecule has 106 valence electrons. The Kier molecular flexibility index (Phi) is 4.62. The van der Waals surface area contributed by atoms with Crippen LogP contribution >= 0.6 is 23.5 Å². The van der Waals surface area contributed by atoms with Crippen molar-refractivity contribution >= 4 is 34.6 Å². The van der Waals surface area contributed by atoms with Gasteiger partial charge in [-0.3, -0.25) is 9.79 Å². The van der Waals surface area contributed by atoms with Crippen LogP contribution in [0.15, 0.2) is 28.3 Å². The maximum atomic E-state index is 12.3. The van der Waals surface area contributed by atoms with Gasteiger partial charge < -0.3 is 5.32 Å². The Labute approximate surface area is 127 Å². The number of aromatic nitrogens is 1. The third kappa shape index (κ3) is 3.35. The molecule has 0 atom stereocenters. The molecule has 0 radical (unpaired) electrons. The summed E-state index contributed by atoms with van der Waals surface area (Å²) < 4.78 is 0. The van der Waals surface area contributed by atoms with Crippen molar-refractivity contribution in [2.75, 3.05) is 12.3 Å². The van der Waals surface area contributed by atoms with E-state index < -0.39 is 0 Å². The van der Waals surface area contributed by atoms with Gasteiger partial charge in [0.15, 0.2) is 5.17 Å². The summed E-state index contributed by atoms with van der Waals surface area (Å²) >= 11 is 3.34. The van der Waals surface area contributed by atoms with Crippen LogP contribution < -0.4 is 5.32 Å². The number of amidine groups is 1. The molecule has 20 heavy (non-hydrogen) atoms. The number of nitrogens with one attached hydrogen (secondary N) is 1. The van der Waals surface area contributed by atoms with Crippen LogP contribution in [-0.2, 0) is 0 Å². The van der Waals surface area contributed by atoms with E-state index in [-0.39, 0.29) is 5.91 Å². The molecule has 1 fully saturated rings. The molecule has 4 nitrogen and oxygen atoms in total. The highest BCUT2D eigenvalue weighted by atomic mass is 32.2. The van der Waals surface area contributed by atoms with Crippen LogP contribution in [0.25, 0.3) is 0 Å². The summed E-state index contributed by atoms with van der Waals surface area (Å²) in [5, 5.41) is 5.07. The van der Waals surface area contributed by atoms with Crippen molar-refractivity contribution in [3.63, 3.8) is 0 Å². The SMILES string of the molecule is O=C(NC1=NCCS1)c1cccnc1SC1CCCC1. The monoisotopic (exact) mass is 307 g/mol. The Balaban J connectivity index is 1.72. The van der Waals surface area contributed by atoms with E-state index in [2.05, 4.69) is 15.3 Å². The average Bonchev–Trinajstić information content (AvgIpc) is 3.13. The lowest BCUT2D eigenvalue weighted by Gasteiger charge is -2.11. The summed E-state index contributed by atoms with van der Waals surface area (Å²) in [7, 11) is 0. The van der Waals surface area contributed by atoms with Crippen molar-refractivity contribution in [2.24, 2.45) is 4.99 Å². The highest BCUT2D eigenvalue weighted by molar-refractivity contribution is 8.14. The molecule has 2 aliphatic rings. The topological polar surface area (TPSA) is 54.4 Å². The van der Waals surface area contributed by atoms with Gasteiger partial charge in [-0.2, -0.15) is 0 Å². The molecule has 0 unspecified atom stereocenters. The minimum atomic E-state index is -0.0910. The summed E-state index contributed by atoms with van der Waals surface area (Å²) in [6, 6.07) is 3.66. The molecule has 0 saturated heterocycles. The molecule has 0 aromatic carbocycles. The van der Waals surface area contributed by atoms with E-state index in [0.717, 1.165) is 22.5 Å². The van der Waals surface area contributed by atoms with Crippen molar-refractivity contribution in [3.8, 4) is 0 Å². The zero-order valence-electron chi connectivity index (χ0n) is 11.2. The molecule has 1 aliphatic heterocycles. The molecule has 0 spiro atoms. The summed E-state index contributed by atoms with van der Waals surface area (Å²) in [5.41, 5.74) is 0.666. The first kappa shape index (κ1) is 13.9. The fourth-order valence-corrected chi connectivity index (χ4v) is 4.41. The lowest BCUT2D eigenvalue weighted by atomic mass is 10.3. The van der Waals surface area contributed by atoms with E-state index in [9.17, 15) is 4.79 Å². The van der Waals surface area contributed by atoms with Gasteiger partial charge in [-0.25, -0.2) is 4.98 Å². The van der Waals surface area contributed by atoms with Crippen molar-refractivity contribution in [2.45, 2.75) is 36.0 Å². The zero-order valence-corrected chi connectivity index (χ0v) is 12.8. The van der Waals surface area contributed by atoms with E-state index in [1.807, 2.05) is 12.1 Å². The first-order chi connectivity index (χ1) is 9.83. The number of rotatable bonds is 3. The molecule has 6 heteroatoms. The minimum absolute atomic E-state index is 0.0910. The Bertz CT molecular complexity index is 527. The summed E-state index contributed by atoms with van der Waals surface area (Å²) in [6.07, 6.45) is 6.80. The number of hydrogen-bond acceptors (Lipinski definition) is 5. The number of aliphatic imine (C=N–C) groups is 1. The van der Waals surface area contributed by atoms with Crippen molar-refractivity contribution in [1.82, 2.24) is 10.3 Å². The molecular weight excluding hydrogens is 290 g/mol. The van der Waals surface area contributed by atoms with Gasteiger partial charge >= 0.3 is 0 Å². The lowest BCUT2D eigenvalue weighted by molar-refractivity contribution is 0.0974. The average molecular weight is 307 g/mol. The quantitative estimate of drug-likeness (QED) is 0.933. The Hall–Kier alpha value is -1.01. The van der Waals surface area contributed by atoms with Gasteiger partial charge in [0.25, 0.3) is 5.91 Å². The van der Waals surface area contributed by atoms with Crippen molar-refractivity contribution in [1.29, 1.82) is 0 Å². The first-order valence-electron chi connectivity index (χ1n) is 6.93. The van der Waals surface area contributed by atoms with Gasteiger partial charge in [-0.05, 0) is 25.0 Å². The lowest BCUT2D eigenvalue weighted by Crippen LogP contribution is -2.28. The maximum Gasteiger partial charge on any atom is 0.259 e. The zero-order chi connectivity index (χ0) is 13.8.